The van der Waals surface area contributed by atoms with Gasteiger partial charge in [0.25, 0.3) is 0 Å². The summed E-state index contributed by atoms with van der Waals surface area (Å²) in [6, 6.07) is 14.2. The highest BCUT2D eigenvalue weighted by Gasteiger charge is 2.23. The molecule has 0 N–H and O–H groups in total. The fourth-order valence-electron chi connectivity index (χ4n) is 2.61. The van der Waals surface area contributed by atoms with Crippen molar-refractivity contribution in [3.05, 3.63) is 70.4 Å². The number of aryl methyl sites for hydroxylation is 1. The molecule has 0 fully saturated rings. The van der Waals surface area contributed by atoms with Crippen LogP contribution in [0, 0.1) is 11.6 Å². The number of esters is 1. The third-order valence-corrected chi connectivity index (χ3v) is 4.07. The van der Waals surface area contributed by atoms with Gasteiger partial charge in [-0.05, 0) is 12.5 Å². The lowest BCUT2D eigenvalue weighted by atomic mass is 10.0. The van der Waals surface area contributed by atoms with Crippen LogP contribution in [0.3, 0.4) is 0 Å². The van der Waals surface area contributed by atoms with Crippen molar-refractivity contribution in [2.75, 3.05) is 7.11 Å². The summed E-state index contributed by atoms with van der Waals surface area (Å²) < 4.78 is 10.5. The van der Waals surface area contributed by atoms with E-state index in [1.807, 2.05) is 6.07 Å². The van der Waals surface area contributed by atoms with Crippen molar-refractivity contribution in [3.8, 4) is 0 Å². The van der Waals surface area contributed by atoms with Gasteiger partial charge in [0.1, 0.15) is 5.58 Å². The van der Waals surface area contributed by atoms with Crippen molar-refractivity contribution >= 4 is 22.7 Å². The van der Waals surface area contributed by atoms with Gasteiger partial charge < -0.3 is 9.15 Å². The second kappa shape index (κ2) is 6.89. The summed E-state index contributed by atoms with van der Waals surface area (Å²) in [5.41, 5.74) is 1.81. The van der Waals surface area contributed by atoms with Crippen molar-refractivity contribution in [1.82, 2.24) is 0 Å². The van der Waals surface area contributed by atoms with Gasteiger partial charge >= 0.3 is 5.97 Å². The number of rotatable bonds is 5. The standard InChI is InChI=1S/C19H16ClO4/c1-23-17(21)10-8-14-15-11-13(20)7-9-16(15)24-19(14)18(22)12-5-3-2-4-6-12/h2-7,9,11,20H,8,10H2,1H3/q+1. The van der Waals surface area contributed by atoms with Gasteiger partial charge in [-0.15, -0.1) is 0 Å². The third kappa shape index (κ3) is 3.19. The Morgan fingerprint density at radius 3 is 2.58 bits per heavy atom. The molecule has 0 unspecified atom stereocenters. The van der Waals surface area contributed by atoms with Crippen molar-refractivity contribution < 1.29 is 30.3 Å². The lowest BCUT2D eigenvalue weighted by Gasteiger charge is -2.03. The van der Waals surface area contributed by atoms with Crippen molar-refractivity contribution in [2.24, 2.45) is 0 Å². The number of hydrogen-bond acceptors (Lipinski definition) is 4. The highest BCUT2D eigenvalue weighted by Crippen LogP contribution is 2.30. The van der Waals surface area contributed by atoms with Gasteiger partial charge in [0, 0.05) is 35.1 Å². The normalized spacial score (nSPS) is 10.8. The van der Waals surface area contributed by atoms with Crippen LogP contribution in [0.4, 0.5) is 0 Å². The smallest absolute Gasteiger partial charge is 0.305 e. The summed E-state index contributed by atoms with van der Waals surface area (Å²) in [7, 11) is 1.34. The van der Waals surface area contributed by atoms with Crippen molar-refractivity contribution in [1.29, 1.82) is 0 Å². The van der Waals surface area contributed by atoms with Crippen LogP contribution in [-0.4, -0.2) is 18.9 Å². The van der Waals surface area contributed by atoms with E-state index in [2.05, 4.69) is 0 Å². The van der Waals surface area contributed by atoms with E-state index in [0.717, 1.165) is 5.39 Å². The molecule has 0 radical (unpaired) electrons. The Morgan fingerprint density at radius 1 is 1.12 bits per heavy atom. The van der Waals surface area contributed by atoms with Crippen molar-refractivity contribution in [2.45, 2.75) is 12.8 Å². The molecule has 5 heteroatoms. The van der Waals surface area contributed by atoms with Gasteiger partial charge in [-0.25, -0.2) is 0 Å². The van der Waals surface area contributed by atoms with E-state index in [0.29, 0.717) is 28.2 Å². The number of fused-ring (bicyclic) bond motifs is 1. The molecule has 0 bridgehead atoms. The Bertz CT molecular complexity index is 896. The highest BCUT2D eigenvalue weighted by atomic mass is 35.5. The number of ether oxygens (including phenoxy) is 1. The zero-order chi connectivity index (χ0) is 17.1. The quantitative estimate of drug-likeness (QED) is 0.526. The summed E-state index contributed by atoms with van der Waals surface area (Å²) in [5, 5.41) is 1.42. The van der Waals surface area contributed by atoms with Crippen LogP contribution in [0.25, 0.3) is 11.0 Å². The van der Waals surface area contributed by atoms with E-state index in [1.165, 1.54) is 7.11 Å². The van der Waals surface area contributed by atoms with E-state index in [-0.39, 0.29) is 23.9 Å². The lowest BCUT2D eigenvalue weighted by Crippen LogP contribution is -2.06. The molecule has 24 heavy (non-hydrogen) atoms. The first kappa shape index (κ1) is 16.3. The van der Waals surface area contributed by atoms with Gasteiger partial charge in [0.05, 0.1) is 7.11 Å². The number of benzene rings is 2. The molecule has 0 saturated carbocycles. The number of hydrogen-bond donors (Lipinski definition) is 0. The number of ketones is 1. The summed E-state index contributed by atoms with van der Waals surface area (Å²) in [6.45, 7) is 0. The van der Waals surface area contributed by atoms with E-state index in [1.54, 1.807) is 42.5 Å². The van der Waals surface area contributed by atoms with E-state index in [4.69, 9.17) is 20.8 Å². The first-order valence-electron chi connectivity index (χ1n) is 7.49. The zero-order valence-corrected chi connectivity index (χ0v) is 13.9. The molecule has 3 aromatic rings. The number of halogens is 1. The van der Waals surface area contributed by atoms with Crippen LogP contribution >= 0.6 is 0 Å². The minimum Gasteiger partial charge on any atom is -0.469 e. The molecule has 4 nitrogen and oxygen atoms in total. The van der Waals surface area contributed by atoms with Gasteiger partial charge in [-0.1, -0.05) is 30.3 Å². The maximum absolute atomic E-state index is 12.8. The number of furan rings is 1. The second-order valence-electron chi connectivity index (χ2n) is 5.34. The minimum atomic E-state index is -0.336. The van der Waals surface area contributed by atoms with Crippen LogP contribution in [0.1, 0.15) is 28.1 Å². The molecule has 0 spiro atoms. The number of carbonyl (C=O) groups is 2. The van der Waals surface area contributed by atoms with Gasteiger partial charge in [0.15, 0.2) is 17.4 Å². The van der Waals surface area contributed by atoms with Gasteiger partial charge in [-0.3, -0.25) is 9.59 Å². The number of carbonyl (C=O) groups excluding carboxylic acids is 2. The summed E-state index contributed by atoms with van der Waals surface area (Å²) >= 11 is 5.21. The molecule has 0 amide bonds. The third-order valence-electron chi connectivity index (χ3n) is 3.81. The predicted octanol–water partition coefficient (Wildman–Crippen LogP) is 3.47. The first-order chi connectivity index (χ1) is 11.6. The topological polar surface area (TPSA) is 56.5 Å². The molecule has 0 aliphatic rings. The average Bonchev–Trinajstić information content (AvgIpc) is 2.97. The second-order valence-corrected chi connectivity index (χ2v) is 5.81. The predicted molar refractivity (Wildman–Crippen MR) is 87.0 cm³/mol. The van der Waals surface area contributed by atoms with Crippen LogP contribution < -0.4 is 0 Å². The fraction of sp³-hybridized carbons (Fsp3) is 0.158. The maximum atomic E-state index is 12.8. The van der Waals surface area contributed by atoms with Gasteiger partial charge in [0.2, 0.25) is 10.8 Å². The monoisotopic (exact) mass is 343 g/mol. The van der Waals surface area contributed by atoms with Gasteiger partial charge in [-0.2, -0.15) is 0 Å². The Labute approximate surface area is 144 Å². The number of methoxy groups -OCH3 is 1. The maximum Gasteiger partial charge on any atom is 0.305 e. The van der Waals surface area contributed by atoms with E-state index >= 15 is 0 Å². The zero-order valence-electron chi connectivity index (χ0n) is 13.1. The molecule has 0 saturated heterocycles. The van der Waals surface area contributed by atoms with E-state index < -0.39 is 0 Å². The lowest BCUT2D eigenvalue weighted by molar-refractivity contribution is -0.288. The molecule has 0 atom stereocenters. The SMILES string of the molecule is COC(=O)CCc1c(C(=O)c2ccccc2)oc2ccc([ClH+])cc12. The minimum absolute atomic E-state index is 0.169. The fourth-order valence-corrected chi connectivity index (χ4v) is 2.80. The molecule has 0 aliphatic carbocycles. The highest BCUT2D eigenvalue weighted by molar-refractivity contribution is 6.10. The summed E-state index contributed by atoms with van der Waals surface area (Å²) in [5.74, 6) is -0.296. The molecule has 1 heterocycles. The molecular weight excluding hydrogens is 328 g/mol. The van der Waals surface area contributed by atoms with Crippen molar-refractivity contribution in [3.63, 3.8) is 0 Å². The first-order valence-corrected chi connectivity index (χ1v) is 7.90. The van der Waals surface area contributed by atoms with Crippen LogP contribution in [-0.2, 0) is 16.0 Å². The van der Waals surface area contributed by atoms with E-state index in [9.17, 15) is 9.59 Å². The molecule has 0 aliphatic heterocycles. The van der Waals surface area contributed by atoms with Crippen LogP contribution in [0.2, 0.25) is 5.02 Å². The van der Waals surface area contributed by atoms with Crippen LogP contribution in [0.15, 0.2) is 52.9 Å². The Hall–Kier alpha value is -2.59. The Balaban J connectivity index is 2.08. The molecule has 2 aromatic carbocycles. The molecule has 3 rings (SSSR count). The molecule has 122 valence electrons. The largest absolute Gasteiger partial charge is 0.469 e. The van der Waals surface area contributed by atoms with Crippen LogP contribution in [0.5, 0.6) is 0 Å². The molecule has 1 aromatic heterocycles. The Morgan fingerprint density at radius 2 is 1.88 bits per heavy atom. The average molecular weight is 344 g/mol. The summed E-state index contributed by atoms with van der Waals surface area (Å²) in [6.07, 6.45) is 0.522. The summed E-state index contributed by atoms with van der Waals surface area (Å²) in [4.78, 5) is 24.3. The Kier molecular flexibility index (Phi) is 4.67. The molecular formula is C19H16ClO4+.